The molecule has 0 unspecified atom stereocenters. The van der Waals surface area contributed by atoms with E-state index in [1.54, 1.807) is 11.0 Å². The summed E-state index contributed by atoms with van der Waals surface area (Å²) in [5.41, 5.74) is 0. The summed E-state index contributed by atoms with van der Waals surface area (Å²) in [6.45, 7) is 0.694. The van der Waals surface area contributed by atoms with Crippen molar-refractivity contribution in [3.05, 3.63) is 6.33 Å². The van der Waals surface area contributed by atoms with Crippen molar-refractivity contribution in [2.45, 2.75) is 17.0 Å². The number of hydrogen-bond acceptors (Lipinski definition) is 5. The Morgan fingerprint density at radius 2 is 2.46 bits per heavy atom. The summed E-state index contributed by atoms with van der Waals surface area (Å²) >= 11 is 2.82. The van der Waals surface area contributed by atoms with Gasteiger partial charge in [0.15, 0.2) is 0 Å². The van der Waals surface area contributed by atoms with Gasteiger partial charge >= 0.3 is 96.1 Å². The van der Waals surface area contributed by atoms with Crippen LogP contribution in [0.5, 0.6) is 0 Å². The van der Waals surface area contributed by atoms with Gasteiger partial charge in [0.1, 0.15) is 0 Å². The first-order valence-electron chi connectivity index (χ1n) is 3.77. The number of thioether (sulfide) groups is 1. The van der Waals surface area contributed by atoms with Crippen molar-refractivity contribution in [3.63, 3.8) is 0 Å². The fraction of sp³-hybridized carbons (Fsp3) is 0.667. The van der Waals surface area contributed by atoms with Crippen LogP contribution in [0.3, 0.4) is 0 Å². The number of hydrogen-bond donors (Lipinski definition) is 0. The fourth-order valence-corrected chi connectivity index (χ4v) is 2.72. The summed E-state index contributed by atoms with van der Waals surface area (Å²) in [6.07, 6.45) is 2.24. The van der Waals surface area contributed by atoms with Crippen molar-refractivity contribution in [2.75, 3.05) is 5.75 Å². The van der Waals surface area contributed by atoms with Gasteiger partial charge in [-0.2, -0.15) is 0 Å². The predicted molar refractivity (Wildman–Crippen MR) is 50.5 cm³/mol. The fourth-order valence-electron chi connectivity index (χ4n) is 0.691. The molecule has 1 heterocycles. The molecule has 5 nitrogen and oxygen atoms in total. The molecule has 0 aliphatic rings. The van der Waals surface area contributed by atoms with Crippen LogP contribution >= 0.6 is 11.8 Å². The Morgan fingerprint density at radius 1 is 1.62 bits per heavy atom. The Labute approximate surface area is 95.8 Å². The van der Waals surface area contributed by atoms with Gasteiger partial charge < -0.3 is 0 Å². The third kappa shape index (κ3) is 4.68. The van der Waals surface area contributed by atoms with E-state index in [4.69, 9.17) is 0 Å². The van der Waals surface area contributed by atoms with Gasteiger partial charge in [-0.25, -0.2) is 0 Å². The standard InChI is InChI=1S/C6H9N4OS.Po/c1-2-6(11)12-4-3-10-5-7-8-9-10;/h5H,1-4H2;. The molecule has 0 amide bonds. The van der Waals surface area contributed by atoms with Crippen molar-refractivity contribution >= 4 is 41.9 Å². The molecule has 0 bridgehead atoms. The molecule has 0 saturated carbocycles. The van der Waals surface area contributed by atoms with E-state index in [2.05, 4.69) is 15.5 Å². The molecule has 0 saturated heterocycles. The van der Waals surface area contributed by atoms with E-state index < -0.39 is 0 Å². The van der Waals surface area contributed by atoms with Crippen LogP contribution in [0.2, 0.25) is 4.08 Å². The zero-order chi connectivity index (χ0) is 9.52. The monoisotopic (exact) mass is 394 g/mol. The molecule has 0 N–H and O–H groups in total. The molecule has 0 aliphatic heterocycles. The molecule has 1 rings (SSSR count). The molecule has 13 heavy (non-hydrogen) atoms. The van der Waals surface area contributed by atoms with E-state index in [1.165, 1.54) is 36.8 Å². The maximum atomic E-state index is 11.1. The first kappa shape index (κ1) is 11.1. The molecule has 7 heteroatoms. The first-order chi connectivity index (χ1) is 6.33. The van der Waals surface area contributed by atoms with E-state index in [-0.39, 0.29) is 5.12 Å². The SMILES string of the molecule is O=C(C[CH2][Po])SCCn1cnnn1. The van der Waals surface area contributed by atoms with Crippen molar-refractivity contribution in [1.29, 1.82) is 0 Å². The minimum absolute atomic E-state index is 0.267. The summed E-state index contributed by atoms with van der Waals surface area (Å²) in [5, 5.41) is 11.0. The summed E-state index contributed by atoms with van der Waals surface area (Å²) < 4.78 is 2.62. The molecule has 0 fully saturated rings. The van der Waals surface area contributed by atoms with Crippen molar-refractivity contribution in [1.82, 2.24) is 20.2 Å². The quantitative estimate of drug-likeness (QED) is 0.699. The summed E-state index contributed by atoms with van der Waals surface area (Å²) in [5.74, 6) is 0.749. The average Bonchev–Trinajstić information content (AvgIpc) is 2.57. The van der Waals surface area contributed by atoms with Gasteiger partial charge in [-0.1, -0.05) is 0 Å². The second-order valence-electron chi connectivity index (χ2n) is 2.25. The van der Waals surface area contributed by atoms with E-state index in [0.29, 0.717) is 13.0 Å². The number of aromatic nitrogens is 4. The minimum atomic E-state index is 0.267. The van der Waals surface area contributed by atoms with Gasteiger partial charge in [-0.15, -0.1) is 0 Å². The molecule has 0 spiro atoms. The Morgan fingerprint density at radius 3 is 3.08 bits per heavy atom. The molecule has 1 radical (unpaired) electrons. The zero-order valence-electron chi connectivity index (χ0n) is 6.92. The molecular weight excluding hydrogens is 385 g/mol. The van der Waals surface area contributed by atoms with Crippen LogP contribution in [0.1, 0.15) is 6.42 Å². The summed E-state index contributed by atoms with van der Waals surface area (Å²) in [4.78, 5) is 11.1. The van der Waals surface area contributed by atoms with Gasteiger partial charge in [0, 0.05) is 0 Å². The summed E-state index contributed by atoms with van der Waals surface area (Å²) in [7, 11) is 0. The zero-order valence-corrected chi connectivity index (χ0v) is 10.9. The van der Waals surface area contributed by atoms with Crippen molar-refractivity contribution < 1.29 is 4.79 Å². The van der Waals surface area contributed by atoms with Gasteiger partial charge in [0.05, 0.1) is 0 Å². The van der Waals surface area contributed by atoms with E-state index >= 15 is 0 Å². The molecule has 0 aromatic carbocycles. The van der Waals surface area contributed by atoms with Crippen molar-refractivity contribution in [3.8, 4) is 0 Å². The van der Waals surface area contributed by atoms with Gasteiger partial charge in [0.25, 0.3) is 0 Å². The van der Waals surface area contributed by atoms with Crippen LogP contribution in [0, 0.1) is 0 Å². The molecule has 1 aromatic heterocycles. The second-order valence-corrected chi connectivity index (χ2v) is 4.99. The van der Waals surface area contributed by atoms with E-state index in [1.807, 2.05) is 0 Å². The van der Waals surface area contributed by atoms with Gasteiger partial charge in [0.2, 0.25) is 0 Å². The Balaban J connectivity index is 2.11. The number of tetrazole rings is 1. The van der Waals surface area contributed by atoms with Crippen LogP contribution in [-0.2, 0) is 11.3 Å². The Hall–Kier alpha value is -0.0139. The maximum absolute atomic E-state index is 11.1. The third-order valence-electron chi connectivity index (χ3n) is 1.28. The molecule has 0 atom stereocenters. The van der Waals surface area contributed by atoms with Gasteiger partial charge in [-0.3, -0.25) is 0 Å². The second kappa shape index (κ2) is 6.44. The molecule has 1 aromatic rings. The third-order valence-corrected chi connectivity index (χ3v) is 2.99. The first-order valence-corrected chi connectivity index (χ1v) is 7.00. The number of carbonyl (C=O) groups excluding carboxylic acids is 1. The number of rotatable bonds is 5. The van der Waals surface area contributed by atoms with Gasteiger partial charge in [-0.05, 0) is 0 Å². The van der Waals surface area contributed by atoms with Crippen LogP contribution in [-0.4, -0.2) is 56.1 Å². The number of nitrogens with zero attached hydrogens (tertiary/aromatic N) is 4. The Bertz CT molecular complexity index is 253. The number of carbonyl (C=O) groups is 1. The Kier molecular flexibility index (Phi) is 5.48. The molecule has 71 valence electrons. The van der Waals surface area contributed by atoms with Crippen LogP contribution in [0.25, 0.3) is 0 Å². The predicted octanol–water partition coefficient (Wildman–Crippen LogP) is -0.0902. The van der Waals surface area contributed by atoms with Crippen molar-refractivity contribution in [2.24, 2.45) is 0 Å². The molecule has 0 aliphatic carbocycles. The number of aryl methyl sites for hydroxylation is 1. The van der Waals surface area contributed by atoms with E-state index in [9.17, 15) is 4.79 Å². The average molecular weight is 394 g/mol. The van der Waals surface area contributed by atoms with E-state index in [0.717, 1.165) is 9.83 Å². The van der Waals surface area contributed by atoms with Crippen LogP contribution in [0.15, 0.2) is 6.33 Å². The molecular formula is C6H9N4OPoS. The summed E-state index contributed by atoms with van der Waals surface area (Å²) in [6, 6.07) is 0. The van der Waals surface area contributed by atoms with Crippen LogP contribution in [0.4, 0.5) is 0 Å². The van der Waals surface area contributed by atoms with Crippen LogP contribution < -0.4 is 0 Å². The normalized spacial score (nSPS) is 10.2. The topological polar surface area (TPSA) is 60.7 Å².